The molecule has 102 valence electrons. The van der Waals surface area contributed by atoms with Crippen molar-refractivity contribution in [3.05, 3.63) is 35.4 Å². The molecule has 0 aromatic heterocycles. The lowest BCUT2D eigenvalue weighted by atomic mass is 10.0. The Balaban J connectivity index is 1.59. The van der Waals surface area contributed by atoms with E-state index in [-0.39, 0.29) is 30.4 Å². The summed E-state index contributed by atoms with van der Waals surface area (Å²) in [7, 11) is 0. The van der Waals surface area contributed by atoms with E-state index in [4.69, 9.17) is 4.84 Å². The molecule has 1 N–H and O–H groups in total. The quantitative estimate of drug-likeness (QED) is 0.783. The van der Waals surface area contributed by atoms with Crippen molar-refractivity contribution >= 4 is 17.5 Å². The molecule has 0 unspecified atom stereocenters. The van der Waals surface area contributed by atoms with E-state index in [1.54, 1.807) is 24.3 Å². The summed E-state index contributed by atoms with van der Waals surface area (Å²) in [5, 5.41) is 7.27. The molecule has 0 bridgehead atoms. The minimum absolute atomic E-state index is 0.0418. The number of imide groups is 1. The van der Waals surface area contributed by atoms with E-state index in [0.717, 1.165) is 18.8 Å². The van der Waals surface area contributed by atoms with Gasteiger partial charge in [-0.3, -0.25) is 14.5 Å². The molecule has 1 aromatic rings. The van der Waals surface area contributed by atoms with Gasteiger partial charge in [-0.15, -0.1) is 0 Å². The number of carbonyl (C=O) groups excluding carboxylic acids is 2. The predicted octanol–water partition coefficient (Wildman–Crippen LogP) is 0.257. The van der Waals surface area contributed by atoms with Gasteiger partial charge in [0.25, 0.3) is 11.8 Å². The van der Waals surface area contributed by atoms with Crippen molar-refractivity contribution in [1.29, 1.82) is 0 Å². The third kappa shape index (κ3) is 1.51. The van der Waals surface area contributed by atoms with Gasteiger partial charge in [-0.05, 0) is 12.1 Å². The largest absolute Gasteiger partial charge is 0.390 e. The van der Waals surface area contributed by atoms with E-state index in [1.165, 1.54) is 4.90 Å². The first-order chi connectivity index (χ1) is 9.75. The van der Waals surface area contributed by atoms with Crippen LogP contribution in [0, 0.1) is 5.92 Å². The van der Waals surface area contributed by atoms with Crippen LogP contribution >= 0.6 is 0 Å². The molecule has 3 aliphatic heterocycles. The van der Waals surface area contributed by atoms with Crippen LogP contribution in [0.25, 0.3) is 0 Å². The van der Waals surface area contributed by atoms with Gasteiger partial charge in [-0.2, -0.15) is 0 Å². The van der Waals surface area contributed by atoms with Gasteiger partial charge in [0.15, 0.2) is 0 Å². The number of hydrogen-bond acceptors (Lipinski definition) is 5. The van der Waals surface area contributed by atoms with Crippen molar-refractivity contribution in [1.82, 2.24) is 10.2 Å². The Labute approximate surface area is 115 Å². The Hall–Kier alpha value is -2.21. The summed E-state index contributed by atoms with van der Waals surface area (Å²) < 4.78 is 0. The van der Waals surface area contributed by atoms with Crippen molar-refractivity contribution in [3.63, 3.8) is 0 Å². The second-order valence-corrected chi connectivity index (χ2v) is 5.23. The second-order valence-electron chi connectivity index (χ2n) is 5.23. The molecule has 1 fully saturated rings. The fourth-order valence-corrected chi connectivity index (χ4v) is 2.99. The van der Waals surface area contributed by atoms with Crippen molar-refractivity contribution in [2.45, 2.75) is 6.10 Å². The average Bonchev–Trinajstić information content (AvgIpc) is 3.12. The fourth-order valence-electron chi connectivity index (χ4n) is 2.99. The predicted molar refractivity (Wildman–Crippen MR) is 70.5 cm³/mol. The summed E-state index contributed by atoms with van der Waals surface area (Å²) in [6.45, 7) is 1.77. The van der Waals surface area contributed by atoms with Crippen LogP contribution in [-0.4, -0.2) is 48.2 Å². The zero-order chi connectivity index (χ0) is 13.7. The van der Waals surface area contributed by atoms with E-state index in [9.17, 15) is 9.59 Å². The van der Waals surface area contributed by atoms with Crippen molar-refractivity contribution < 1.29 is 14.4 Å². The van der Waals surface area contributed by atoms with Crippen LogP contribution in [0.3, 0.4) is 0 Å². The summed E-state index contributed by atoms with van der Waals surface area (Å²) in [5.74, 6) is -0.329. The third-order valence-electron chi connectivity index (χ3n) is 4.09. The van der Waals surface area contributed by atoms with E-state index in [2.05, 4.69) is 10.5 Å². The topological polar surface area (TPSA) is 71.0 Å². The highest BCUT2D eigenvalue weighted by Crippen LogP contribution is 2.26. The number of hydrogen-bond donors (Lipinski definition) is 1. The van der Waals surface area contributed by atoms with E-state index in [1.807, 2.05) is 0 Å². The number of carbonyl (C=O) groups is 2. The van der Waals surface area contributed by atoms with Gasteiger partial charge in [0, 0.05) is 13.1 Å². The molecule has 3 heterocycles. The third-order valence-corrected chi connectivity index (χ3v) is 4.09. The van der Waals surface area contributed by atoms with E-state index in [0.29, 0.717) is 11.1 Å². The summed E-state index contributed by atoms with van der Waals surface area (Å²) >= 11 is 0. The zero-order valence-corrected chi connectivity index (χ0v) is 10.7. The number of oxime groups is 1. The lowest BCUT2D eigenvalue weighted by Gasteiger charge is -2.15. The summed E-state index contributed by atoms with van der Waals surface area (Å²) in [5.41, 5.74) is 1.71. The lowest BCUT2D eigenvalue weighted by molar-refractivity contribution is 0.0676. The summed E-state index contributed by atoms with van der Waals surface area (Å²) in [6, 6.07) is 6.90. The second kappa shape index (κ2) is 4.14. The van der Waals surface area contributed by atoms with Crippen LogP contribution in [0.15, 0.2) is 29.4 Å². The molecule has 0 saturated carbocycles. The normalized spacial score (nSPS) is 27.4. The molecule has 1 aromatic carbocycles. The average molecular weight is 271 g/mol. The number of amides is 2. The maximum absolute atomic E-state index is 12.3. The number of fused-ring (bicyclic) bond motifs is 2. The SMILES string of the molecule is O=C1c2ccccc2C(=O)N1CC1=NO[C@H]2CNC[C@@H]12. The number of benzene rings is 1. The first-order valence-electron chi connectivity index (χ1n) is 6.64. The first kappa shape index (κ1) is 11.6. The summed E-state index contributed by atoms with van der Waals surface area (Å²) in [4.78, 5) is 31.1. The lowest BCUT2D eigenvalue weighted by Crippen LogP contribution is -2.38. The smallest absolute Gasteiger partial charge is 0.261 e. The highest BCUT2D eigenvalue weighted by Gasteiger charge is 2.42. The summed E-state index contributed by atoms with van der Waals surface area (Å²) in [6.07, 6.45) is 0.0418. The first-order valence-corrected chi connectivity index (χ1v) is 6.64. The molecule has 20 heavy (non-hydrogen) atoms. The van der Waals surface area contributed by atoms with Crippen LogP contribution in [0.1, 0.15) is 20.7 Å². The van der Waals surface area contributed by atoms with Gasteiger partial charge in [-0.1, -0.05) is 17.3 Å². The maximum Gasteiger partial charge on any atom is 0.261 e. The van der Waals surface area contributed by atoms with Crippen LogP contribution in [0.4, 0.5) is 0 Å². The molecule has 2 atom stereocenters. The van der Waals surface area contributed by atoms with Crippen LogP contribution in [0.2, 0.25) is 0 Å². The molecule has 4 rings (SSSR count). The van der Waals surface area contributed by atoms with Crippen molar-refractivity contribution in [2.24, 2.45) is 11.1 Å². The number of nitrogens with one attached hydrogen (secondary N) is 1. The molecule has 0 radical (unpaired) electrons. The monoisotopic (exact) mass is 271 g/mol. The van der Waals surface area contributed by atoms with Gasteiger partial charge >= 0.3 is 0 Å². The minimum Gasteiger partial charge on any atom is -0.390 e. The maximum atomic E-state index is 12.3. The molecule has 0 spiro atoms. The Morgan fingerprint density at radius 3 is 2.60 bits per heavy atom. The number of nitrogens with zero attached hydrogens (tertiary/aromatic N) is 2. The molecule has 1 saturated heterocycles. The van der Waals surface area contributed by atoms with Crippen LogP contribution in [0.5, 0.6) is 0 Å². The highest BCUT2D eigenvalue weighted by molar-refractivity contribution is 6.22. The highest BCUT2D eigenvalue weighted by atomic mass is 16.6. The number of rotatable bonds is 2. The Kier molecular flexibility index (Phi) is 2.40. The van der Waals surface area contributed by atoms with E-state index >= 15 is 0 Å². The molecular weight excluding hydrogens is 258 g/mol. The molecule has 6 heteroatoms. The van der Waals surface area contributed by atoms with Gasteiger partial charge in [0.2, 0.25) is 0 Å². The van der Waals surface area contributed by atoms with Crippen molar-refractivity contribution in [2.75, 3.05) is 19.6 Å². The molecule has 3 aliphatic rings. The Morgan fingerprint density at radius 2 is 1.90 bits per heavy atom. The van der Waals surface area contributed by atoms with Crippen molar-refractivity contribution in [3.8, 4) is 0 Å². The van der Waals surface area contributed by atoms with Gasteiger partial charge in [-0.25, -0.2) is 0 Å². The molecule has 2 amide bonds. The zero-order valence-electron chi connectivity index (χ0n) is 10.7. The Morgan fingerprint density at radius 1 is 1.20 bits per heavy atom. The van der Waals surface area contributed by atoms with Crippen LogP contribution < -0.4 is 5.32 Å². The molecular formula is C14H13N3O3. The Bertz CT molecular complexity index is 605. The molecule has 0 aliphatic carbocycles. The van der Waals surface area contributed by atoms with Gasteiger partial charge in [0.1, 0.15) is 6.10 Å². The fraction of sp³-hybridized carbons (Fsp3) is 0.357. The van der Waals surface area contributed by atoms with E-state index < -0.39 is 0 Å². The van der Waals surface area contributed by atoms with Gasteiger partial charge < -0.3 is 10.2 Å². The minimum atomic E-state index is -0.247. The van der Waals surface area contributed by atoms with Crippen LogP contribution in [-0.2, 0) is 4.84 Å². The standard InChI is InChI=1S/C14H13N3O3/c18-13-8-3-1-2-4-9(8)14(19)17(13)7-11-10-5-15-6-12(10)20-16-11/h1-4,10,12,15H,5-7H2/t10-,12-/m0/s1. The molecule has 6 nitrogen and oxygen atoms in total. The van der Waals surface area contributed by atoms with Gasteiger partial charge in [0.05, 0.1) is 29.3 Å².